The number of carbonyl (C=O) groups is 1. The molecular formula is C15H18ClNO2. The van der Waals surface area contributed by atoms with Crippen LogP contribution < -0.4 is 0 Å². The molecule has 1 aliphatic rings. The summed E-state index contributed by atoms with van der Waals surface area (Å²) in [5.41, 5.74) is 0.940. The first-order valence-corrected chi connectivity index (χ1v) is 6.93. The fraction of sp³-hybridized carbons (Fsp3) is 0.400. The molecule has 1 fully saturated rings. The Labute approximate surface area is 118 Å². The monoisotopic (exact) mass is 279 g/mol. The maximum absolute atomic E-state index is 12.1. The third-order valence-electron chi connectivity index (χ3n) is 3.43. The topological polar surface area (TPSA) is 40.5 Å². The summed E-state index contributed by atoms with van der Waals surface area (Å²) in [5.74, 6) is -0.0336. The van der Waals surface area contributed by atoms with Crippen LogP contribution in [-0.4, -0.2) is 35.1 Å². The van der Waals surface area contributed by atoms with Gasteiger partial charge in [0.25, 0.3) is 0 Å². The van der Waals surface area contributed by atoms with Gasteiger partial charge in [-0.1, -0.05) is 23.7 Å². The highest BCUT2D eigenvalue weighted by Crippen LogP contribution is 2.24. The number of aliphatic hydroxyl groups is 1. The van der Waals surface area contributed by atoms with Crippen LogP contribution in [0, 0.1) is 0 Å². The van der Waals surface area contributed by atoms with Gasteiger partial charge < -0.3 is 10.0 Å². The maximum atomic E-state index is 12.1. The van der Waals surface area contributed by atoms with Gasteiger partial charge in [0.1, 0.15) is 0 Å². The van der Waals surface area contributed by atoms with E-state index in [0.717, 1.165) is 18.4 Å². The van der Waals surface area contributed by atoms with E-state index in [-0.39, 0.29) is 12.5 Å². The Morgan fingerprint density at radius 1 is 1.37 bits per heavy atom. The molecule has 0 bridgehead atoms. The lowest BCUT2D eigenvalue weighted by Crippen LogP contribution is -2.44. The predicted octanol–water partition coefficient (Wildman–Crippen LogP) is 2.73. The molecule has 0 aromatic heterocycles. The molecule has 0 unspecified atom stereocenters. The molecule has 1 aromatic carbocycles. The van der Waals surface area contributed by atoms with Crippen molar-refractivity contribution in [2.45, 2.75) is 25.3 Å². The van der Waals surface area contributed by atoms with Gasteiger partial charge >= 0.3 is 0 Å². The van der Waals surface area contributed by atoms with E-state index in [2.05, 4.69) is 0 Å². The molecule has 0 aliphatic heterocycles. The molecule has 1 aromatic rings. The summed E-state index contributed by atoms with van der Waals surface area (Å²) >= 11 is 5.81. The van der Waals surface area contributed by atoms with Crippen molar-refractivity contribution in [1.82, 2.24) is 4.90 Å². The highest BCUT2D eigenvalue weighted by atomic mass is 35.5. The predicted molar refractivity (Wildman–Crippen MR) is 76.9 cm³/mol. The SMILES string of the molecule is O=C(/C=C/c1ccc(Cl)cc1)N(CCO)C1CCC1. The average molecular weight is 280 g/mol. The van der Waals surface area contributed by atoms with Gasteiger partial charge in [-0.25, -0.2) is 0 Å². The van der Waals surface area contributed by atoms with E-state index in [9.17, 15) is 4.79 Å². The minimum absolute atomic E-state index is 0.0109. The fourth-order valence-electron chi connectivity index (χ4n) is 2.12. The van der Waals surface area contributed by atoms with E-state index in [1.54, 1.807) is 29.2 Å². The molecule has 0 spiro atoms. The quantitative estimate of drug-likeness (QED) is 0.842. The first-order valence-electron chi connectivity index (χ1n) is 6.56. The minimum atomic E-state index is -0.0336. The van der Waals surface area contributed by atoms with Crippen molar-refractivity contribution in [1.29, 1.82) is 0 Å². The van der Waals surface area contributed by atoms with Gasteiger partial charge in [0.15, 0.2) is 0 Å². The van der Waals surface area contributed by atoms with Gasteiger partial charge in [-0.05, 0) is 43.0 Å². The smallest absolute Gasteiger partial charge is 0.246 e. The summed E-state index contributed by atoms with van der Waals surface area (Å²) in [6.07, 6.45) is 6.60. The lowest BCUT2D eigenvalue weighted by atomic mass is 9.91. The van der Waals surface area contributed by atoms with E-state index < -0.39 is 0 Å². The molecule has 1 amide bonds. The van der Waals surface area contributed by atoms with E-state index in [1.807, 2.05) is 12.1 Å². The number of carbonyl (C=O) groups excluding carboxylic acids is 1. The zero-order valence-electron chi connectivity index (χ0n) is 10.8. The normalized spacial score (nSPS) is 15.5. The zero-order valence-corrected chi connectivity index (χ0v) is 11.5. The minimum Gasteiger partial charge on any atom is -0.395 e. The Kier molecular flexibility index (Phi) is 5.00. The highest BCUT2D eigenvalue weighted by Gasteiger charge is 2.26. The standard InChI is InChI=1S/C15H18ClNO2/c16-13-7-4-12(5-8-13)6-9-15(19)17(10-11-18)14-2-1-3-14/h4-9,14,18H,1-3,10-11H2/b9-6+. The molecule has 0 saturated heterocycles. The number of nitrogens with zero attached hydrogens (tertiary/aromatic N) is 1. The van der Waals surface area contributed by atoms with Crippen molar-refractivity contribution in [3.63, 3.8) is 0 Å². The number of rotatable bonds is 5. The summed E-state index contributed by atoms with van der Waals surface area (Å²) in [7, 11) is 0. The Morgan fingerprint density at radius 2 is 2.05 bits per heavy atom. The number of benzene rings is 1. The van der Waals surface area contributed by atoms with Crippen molar-refractivity contribution in [3.05, 3.63) is 40.9 Å². The second-order valence-electron chi connectivity index (χ2n) is 4.72. The Morgan fingerprint density at radius 3 is 2.58 bits per heavy atom. The molecule has 102 valence electrons. The Bertz CT molecular complexity index is 452. The molecule has 4 heteroatoms. The zero-order chi connectivity index (χ0) is 13.7. The van der Waals surface area contributed by atoms with E-state index >= 15 is 0 Å². The third-order valence-corrected chi connectivity index (χ3v) is 3.68. The van der Waals surface area contributed by atoms with Crippen molar-refractivity contribution in [2.75, 3.05) is 13.2 Å². The summed E-state index contributed by atoms with van der Waals surface area (Å²) in [6, 6.07) is 7.62. The van der Waals surface area contributed by atoms with Crippen LogP contribution in [0.2, 0.25) is 5.02 Å². The van der Waals surface area contributed by atoms with Crippen LogP contribution in [0.1, 0.15) is 24.8 Å². The number of halogens is 1. The van der Waals surface area contributed by atoms with Crippen LogP contribution >= 0.6 is 11.6 Å². The lowest BCUT2D eigenvalue weighted by Gasteiger charge is -2.36. The Balaban J connectivity index is 1.99. The molecular weight excluding hydrogens is 262 g/mol. The molecule has 2 rings (SSSR count). The molecule has 1 saturated carbocycles. The highest BCUT2D eigenvalue weighted by molar-refractivity contribution is 6.30. The van der Waals surface area contributed by atoms with Gasteiger partial charge in [-0.2, -0.15) is 0 Å². The number of aliphatic hydroxyl groups excluding tert-OH is 1. The van der Waals surface area contributed by atoms with Crippen LogP contribution in [0.4, 0.5) is 0 Å². The van der Waals surface area contributed by atoms with Crippen molar-refractivity contribution >= 4 is 23.6 Å². The van der Waals surface area contributed by atoms with Crippen molar-refractivity contribution < 1.29 is 9.90 Å². The van der Waals surface area contributed by atoms with Crippen LogP contribution in [-0.2, 0) is 4.79 Å². The van der Waals surface area contributed by atoms with Crippen molar-refractivity contribution in [3.8, 4) is 0 Å². The Hall–Kier alpha value is -1.32. The van der Waals surface area contributed by atoms with Gasteiger partial charge in [0.2, 0.25) is 5.91 Å². The second-order valence-corrected chi connectivity index (χ2v) is 5.16. The summed E-state index contributed by atoms with van der Waals surface area (Å²) in [6.45, 7) is 0.422. The molecule has 0 heterocycles. The van der Waals surface area contributed by atoms with Crippen LogP contribution in [0.15, 0.2) is 30.3 Å². The molecule has 1 aliphatic carbocycles. The van der Waals surface area contributed by atoms with Crippen molar-refractivity contribution in [2.24, 2.45) is 0 Å². The maximum Gasteiger partial charge on any atom is 0.246 e. The van der Waals surface area contributed by atoms with E-state index in [4.69, 9.17) is 16.7 Å². The van der Waals surface area contributed by atoms with E-state index in [1.165, 1.54) is 6.42 Å². The van der Waals surface area contributed by atoms with Crippen LogP contribution in [0.3, 0.4) is 0 Å². The second kappa shape index (κ2) is 6.73. The van der Waals surface area contributed by atoms with Gasteiger partial charge in [0.05, 0.1) is 6.61 Å². The van der Waals surface area contributed by atoms with Crippen LogP contribution in [0.25, 0.3) is 6.08 Å². The van der Waals surface area contributed by atoms with Gasteiger partial charge in [0, 0.05) is 23.7 Å². The first kappa shape index (κ1) is 14.1. The molecule has 19 heavy (non-hydrogen) atoms. The largest absolute Gasteiger partial charge is 0.395 e. The molecule has 0 atom stereocenters. The summed E-state index contributed by atoms with van der Waals surface area (Å²) < 4.78 is 0. The average Bonchev–Trinajstić information content (AvgIpc) is 2.35. The number of hydrogen-bond acceptors (Lipinski definition) is 2. The molecule has 3 nitrogen and oxygen atoms in total. The number of hydrogen-bond donors (Lipinski definition) is 1. The summed E-state index contributed by atoms with van der Waals surface area (Å²) in [4.78, 5) is 13.9. The van der Waals surface area contributed by atoms with Crippen LogP contribution in [0.5, 0.6) is 0 Å². The third kappa shape index (κ3) is 3.82. The molecule has 1 N–H and O–H groups in total. The molecule has 0 radical (unpaired) electrons. The first-order chi connectivity index (χ1) is 9.20. The van der Waals surface area contributed by atoms with Gasteiger partial charge in [-0.15, -0.1) is 0 Å². The summed E-state index contributed by atoms with van der Waals surface area (Å²) in [5, 5.41) is 9.72. The number of amides is 1. The van der Waals surface area contributed by atoms with Gasteiger partial charge in [-0.3, -0.25) is 4.79 Å². The lowest BCUT2D eigenvalue weighted by molar-refractivity contribution is -0.130. The van der Waals surface area contributed by atoms with E-state index in [0.29, 0.717) is 17.6 Å². The fourth-order valence-corrected chi connectivity index (χ4v) is 2.24.